The van der Waals surface area contributed by atoms with E-state index < -0.39 is 17.6 Å². The van der Waals surface area contributed by atoms with Crippen LogP contribution in [0.5, 0.6) is 0 Å². The van der Waals surface area contributed by atoms with Gasteiger partial charge in [0.2, 0.25) is 0 Å². The summed E-state index contributed by atoms with van der Waals surface area (Å²) in [6, 6.07) is 2.24. The number of aryl methyl sites for hydroxylation is 1. The van der Waals surface area contributed by atoms with Gasteiger partial charge in [0.05, 0.1) is 5.56 Å². The summed E-state index contributed by atoms with van der Waals surface area (Å²) < 4.78 is 51.5. The summed E-state index contributed by atoms with van der Waals surface area (Å²) >= 11 is 6.61. The van der Waals surface area contributed by atoms with Crippen molar-refractivity contribution in [3.05, 3.63) is 34.6 Å². The molecule has 2 nitrogen and oxygen atoms in total. The molecule has 1 aromatic carbocycles. The van der Waals surface area contributed by atoms with Crippen LogP contribution in [0.3, 0.4) is 0 Å². The average molecular weight is 325 g/mol. The lowest BCUT2D eigenvalue weighted by Gasteiger charge is -2.07. The molecular formula is C12H9ClF4N2S. The third-order valence-electron chi connectivity index (χ3n) is 2.52. The first kappa shape index (κ1) is 15.2. The highest BCUT2D eigenvalue weighted by Crippen LogP contribution is 2.34. The molecule has 0 aliphatic heterocycles. The van der Waals surface area contributed by atoms with Crippen LogP contribution in [0.25, 0.3) is 10.6 Å². The monoisotopic (exact) mass is 324 g/mol. The van der Waals surface area contributed by atoms with E-state index in [-0.39, 0.29) is 10.6 Å². The summed E-state index contributed by atoms with van der Waals surface area (Å²) in [5, 5.41) is 8.33. The van der Waals surface area contributed by atoms with Crippen molar-refractivity contribution in [2.45, 2.75) is 19.0 Å². The molecule has 1 aromatic heterocycles. The Kier molecular flexibility index (Phi) is 4.59. The Bertz CT molecular complexity index is 597. The zero-order chi connectivity index (χ0) is 14.8. The van der Waals surface area contributed by atoms with E-state index in [1.165, 1.54) is 0 Å². The van der Waals surface area contributed by atoms with E-state index in [0.29, 0.717) is 29.8 Å². The summed E-state index contributed by atoms with van der Waals surface area (Å²) in [6.45, 7) is 0. The minimum absolute atomic E-state index is 0.137. The predicted molar refractivity (Wildman–Crippen MR) is 69.3 cm³/mol. The molecule has 0 aliphatic rings. The molecule has 1 heterocycles. The number of aromatic nitrogens is 2. The van der Waals surface area contributed by atoms with Crippen LogP contribution >= 0.6 is 22.9 Å². The number of alkyl halides is 4. The first-order chi connectivity index (χ1) is 9.41. The Morgan fingerprint density at radius 2 is 1.95 bits per heavy atom. The van der Waals surface area contributed by atoms with Crippen LogP contribution in [0.1, 0.15) is 17.0 Å². The van der Waals surface area contributed by atoms with Gasteiger partial charge in [-0.2, -0.15) is 13.2 Å². The lowest BCUT2D eigenvalue weighted by Crippen LogP contribution is -2.05. The quantitative estimate of drug-likeness (QED) is 0.610. The second kappa shape index (κ2) is 6.05. The first-order valence-electron chi connectivity index (χ1n) is 5.67. The molecule has 0 saturated heterocycles. The first-order valence-corrected chi connectivity index (χ1v) is 7.02. The van der Waals surface area contributed by atoms with Gasteiger partial charge >= 0.3 is 6.18 Å². The molecule has 2 aromatic rings. The molecule has 0 spiro atoms. The van der Waals surface area contributed by atoms with Gasteiger partial charge in [0.25, 0.3) is 0 Å². The zero-order valence-electron chi connectivity index (χ0n) is 10.0. The summed E-state index contributed by atoms with van der Waals surface area (Å²) in [6.07, 6.45) is -3.27. The van der Waals surface area contributed by atoms with E-state index >= 15 is 0 Å². The average Bonchev–Trinajstić information content (AvgIpc) is 2.84. The molecule has 0 saturated carbocycles. The Hall–Kier alpha value is -1.21. The van der Waals surface area contributed by atoms with Crippen molar-refractivity contribution < 1.29 is 17.6 Å². The maximum Gasteiger partial charge on any atom is 0.416 e. The van der Waals surface area contributed by atoms with E-state index in [9.17, 15) is 17.6 Å². The van der Waals surface area contributed by atoms with Gasteiger partial charge in [0.15, 0.2) is 5.01 Å². The number of hydrogen-bond donors (Lipinski definition) is 0. The van der Waals surface area contributed by atoms with Crippen LogP contribution < -0.4 is 0 Å². The van der Waals surface area contributed by atoms with Crippen LogP contribution in [0.15, 0.2) is 18.2 Å². The number of benzene rings is 1. The summed E-state index contributed by atoms with van der Waals surface area (Å²) in [4.78, 5) is 0. The fraction of sp³-hybridized carbons (Fsp3) is 0.333. The summed E-state index contributed by atoms with van der Waals surface area (Å²) in [5.74, 6) is -0.301. The maximum absolute atomic E-state index is 13.7. The third-order valence-corrected chi connectivity index (χ3v) is 3.80. The number of nitrogens with zero attached hydrogens (tertiary/aromatic N) is 2. The second-order valence-electron chi connectivity index (χ2n) is 3.99. The fourth-order valence-corrected chi connectivity index (χ4v) is 2.58. The van der Waals surface area contributed by atoms with Crippen molar-refractivity contribution in [3.8, 4) is 10.6 Å². The SMILES string of the molecule is Fc1ccc(C(F)(F)F)cc1-c1nnc(CCCCl)s1. The topological polar surface area (TPSA) is 25.8 Å². The minimum atomic E-state index is -4.52. The zero-order valence-corrected chi connectivity index (χ0v) is 11.6. The fourth-order valence-electron chi connectivity index (χ4n) is 1.55. The van der Waals surface area contributed by atoms with Crippen molar-refractivity contribution in [3.63, 3.8) is 0 Å². The van der Waals surface area contributed by atoms with Gasteiger partial charge in [-0.25, -0.2) is 4.39 Å². The highest BCUT2D eigenvalue weighted by Gasteiger charge is 2.31. The van der Waals surface area contributed by atoms with Crippen molar-refractivity contribution in [1.82, 2.24) is 10.2 Å². The third kappa shape index (κ3) is 3.46. The summed E-state index contributed by atoms with van der Waals surface area (Å²) in [7, 11) is 0. The van der Waals surface area contributed by atoms with E-state index in [0.717, 1.165) is 23.5 Å². The summed E-state index contributed by atoms with van der Waals surface area (Å²) in [5.41, 5.74) is -1.10. The van der Waals surface area contributed by atoms with Crippen LogP contribution in [0, 0.1) is 5.82 Å². The molecule has 0 unspecified atom stereocenters. The van der Waals surface area contributed by atoms with E-state index in [1.807, 2.05) is 0 Å². The van der Waals surface area contributed by atoms with Gasteiger partial charge in [-0.3, -0.25) is 0 Å². The van der Waals surface area contributed by atoms with Crippen LogP contribution in [0.4, 0.5) is 17.6 Å². The van der Waals surface area contributed by atoms with E-state index in [4.69, 9.17) is 11.6 Å². The Morgan fingerprint density at radius 3 is 2.60 bits per heavy atom. The molecule has 0 N–H and O–H groups in total. The molecule has 2 rings (SSSR count). The Labute approximate surface area is 121 Å². The standard InChI is InChI=1S/C12H9ClF4N2S/c13-5-1-2-10-18-19-11(20-10)8-6-7(12(15,16)17)3-4-9(8)14/h3-4,6H,1-2,5H2. The number of halogens is 5. The van der Waals surface area contributed by atoms with E-state index in [2.05, 4.69) is 10.2 Å². The molecule has 8 heteroatoms. The highest BCUT2D eigenvalue weighted by molar-refractivity contribution is 7.14. The largest absolute Gasteiger partial charge is 0.416 e. The van der Waals surface area contributed by atoms with Crippen molar-refractivity contribution >= 4 is 22.9 Å². The minimum Gasteiger partial charge on any atom is -0.206 e. The molecule has 108 valence electrons. The van der Waals surface area contributed by atoms with Crippen molar-refractivity contribution in [1.29, 1.82) is 0 Å². The molecular weight excluding hydrogens is 316 g/mol. The van der Waals surface area contributed by atoms with Gasteiger partial charge in [0, 0.05) is 17.9 Å². The molecule has 0 amide bonds. The van der Waals surface area contributed by atoms with E-state index in [1.54, 1.807) is 0 Å². The number of hydrogen-bond acceptors (Lipinski definition) is 3. The lowest BCUT2D eigenvalue weighted by atomic mass is 10.1. The Balaban J connectivity index is 2.34. The van der Waals surface area contributed by atoms with Crippen LogP contribution in [-0.4, -0.2) is 16.1 Å². The molecule has 0 fully saturated rings. The second-order valence-corrected chi connectivity index (χ2v) is 5.43. The van der Waals surface area contributed by atoms with Gasteiger partial charge in [-0.1, -0.05) is 11.3 Å². The molecule has 0 radical (unpaired) electrons. The number of rotatable bonds is 4. The molecule has 0 atom stereocenters. The van der Waals surface area contributed by atoms with Crippen LogP contribution in [-0.2, 0) is 12.6 Å². The predicted octanol–water partition coefficient (Wildman–Crippen LogP) is 4.53. The lowest BCUT2D eigenvalue weighted by molar-refractivity contribution is -0.137. The maximum atomic E-state index is 13.7. The van der Waals surface area contributed by atoms with Gasteiger partial charge in [-0.15, -0.1) is 21.8 Å². The molecule has 0 aliphatic carbocycles. The molecule has 20 heavy (non-hydrogen) atoms. The van der Waals surface area contributed by atoms with Gasteiger partial charge in [-0.05, 0) is 24.6 Å². The Morgan fingerprint density at radius 1 is 1.20 bits per heavy atom. The highest BCUT2D eigenvalue weighted by atomic mass is 35.5. The van der Waals surface area contributed by atoms with Crippen molar-refractivity contribution in [2.24, 2.45) is 0 Å². The van der Waals surface area contributed by atoms with Crippen molar-refractivity contribution in [2.75, 3.05) is 5.88 Å². The normalized spacial score (nSPS) is 11.8. The van der Waals surface area contributed by atoms with Gasteiger partial charge < -0.3 is 0 Å². The van der Waals surface area contributed by atoms with Gasteiger partial charge in [0.1, 0.15) is 10.8 Å². The molecule has 0 bridgehead atoms. The smallest absolute Gasteiger partial charge is 0.206 e. The van der Waals surface area contributed by atoms with Crippen LogP contribution in [0.2, 0.25) is 0 Å².